The van der Waals surface area contributed by atoms with E-state index >= 15 is 0 Å². The molecule has 2 aromatic rings. The number of aliphatic hydroxyl groups excluding tert-OH is 2. The van der Waals surface area contributed by atoms with Gasteiger partial charge in [-0.3, -0.25) is 13.6 Å². The predicted octanol–water partition coefficient (Wildman–Crippen LogP) is -1.09. The average Bonchev–Trinajstić information content (AvgIpc) is 3.10. The number of aromatic hydroxyl groups is 1. The number of rotatable bonds is 5. The number of phosphoric acid groups is 1. The molecule has 0 spiro atoms. The third-order valence-electron chi connectivity index (χ3n) is 3.58. The molecule has 0 saturated carbocycles. The molecule has 0 aliphatic carbocycles. The number of ether oxygens (including phenoxy) is 1. The van der Waals surface area contributed by atoms with E-state index in [-0.39, 0.29) is 17.0 Å². The van der Waals surface area contributed by atoms with Gasteiger partial charge >= 0.3 is 7.82 Å². The van der Waals surface area contributed by atoms with Gasteiger partial charge < -0.3 is 24.9 Å². The van der Waals surface area contributed by atoms with Crippen molar-refractivity contribution in [3.05, 3.63) is 12.7 Å². The van der Waals surface area contributed by atoms with Gasteiger partial charge in [-0.1, -0.05) is 0 Å². The quantitative estimate of drug-likeness (QED) is 0.477. The first-order valence-corrected chi connectivity index (χ1v) is 8.25. The number of hydrogen-bond acceptors (Lipinski definition) is 10. The Morgan fingerprint density at radius 3 is 2.79 bits per heavy atom. The van der Waals surface area contributed by atoms with Crippen LogP contribution < -0.4 is 0 Å². The molecule has 3 unspecified atom stereocenters. The second-order valence-corrected chi connectivity index (χ2v) is 6.57. The molecule has 0 radical (unpaired) electrons. The summed E-state index contributed by atoms with van der Waals surface area (Å²) < 4.78 is 27.0. The summed E-state index contributed by atoms with van der Waals surface area (Å²) in [6.07, 6.45) is -2.58. The van der Waals surface area contributed by atoms with Crippen LogP contribution in [0.15, 0.2) is 12.7 Å². The lowest BCUT2D eigenvalue weighted by Crippen LogP contribution is -2.33. The van der Waals surface area contributed by atoms with Crippen LogP contribution in [0.25, 0.3) is 11.2 Å². The summed E-state index contributed by atoms with van der Waals surface area (Å²) in [7, 11) is -3.25. The Bertz CT molecular complexity index is 784. The number of nitrogens with zero attached hydrogens (tertiary/aromatic N) is 4. The summed E-state index contributed by atoms with van der Waals surface area (Å²) in [6.45, 7) is -0.483. The molecule has 0 bridgehead atoms. The van der Waals surface area contributed by atoms with E-state index in [2.05, 4.69) is 24.0 Å². The van der Waals surface area contributed by atoms with Crippen molar-refractivity contribution in [1.82, 2.24) is 19.5 Å². The summed E-state index contributed by atoms with van der Waals surface area (Å²) >= 11 is 0. The van der Waals surface area contributed by atoms with Gasteiger partial charge in [-0.2, -0.15) is 4.98 Å². The highest BCUT2D eigenvalue weighted by molar-refractivity contribution is 7.47. The Morgan fingerprint density at radius 2 is 2.08 bits per heavy atom. The number of fused-ring (bicyclic) bond motifs is 1. The fourth-order valence-electron chi connectivity index (χ4n) is 2.34. The lowest BCUT2D eigenvalue weighted by atomic mass is 10.1. The number of phosphoric ester groups is 1. The monoisotopic (exact) mass is 362 g/mol. The molecule has 1 aliphatic rings. The molecule has 1 saturated heterocycles. The van der Waals surface area contributed by atoms with Crippen LogP contribution in [0.1, 0.15) is 6.23 Å². The molecule has 4 N–H and O–H groups in total. The third-order valence-corrected chi connectivity index (χ3v) is 4.52. The van der Waals surface area contributed by atoms with E-state index in [0.717, 1.165) is 13.4 Å². The van der Waals surface area contributed by atoms with E-state index in [9.17, 15) is 24.8 Å². The maximum absolute atomic E-state index is 11.3. The first kappa shape index (κ1) is 17.2. The van der Waals surface area contributed by atoms with Crippen LogP contribution in [0, 0.1) is 0 Å². The van der Waals surface area contributed by atoms with Crippen LogP contribution >= 0.6 is 7.82 Å². The van der Waals surface area contributed by atoms with Crippen molar-refractivity contribution in [1.29, 1.82) is 0 Å². The van der Waals surface area contributed by atoms with Crippen molar-refractivity contribution in [2.24, 2.45) is 0 Å². The maximum Gasteiger partial charge on any atom is 0.472 e. The van der Waals surface area contributed by atoms with Gasteiger partial charge in [0.1, 0.15) is 24.6 Å². The normalized spacial score (nSPS) is 29.8. The molecule has 0 amide bonds. The second-order valence-electron chi connectivity index (χ2n) is 5.01. The SMILES string of the molecule is COP(=O)(O)OC[C@H]1O[C@@H](n2cnc3c(O)ncnc32)C(O)C1O. The summed E-state index contributed by atoms with van der Waals surface area (Å²) in [4.78, 5) is 20.7. The predicted molar refractivity (Wildman–Crippen MR) is 75.7 cm³/mol. The molecule has 12 nitrogen and oxygen atoms in total. The van der Waals surface area contributed by atoms with E-state index < -0.39 is 39.0 Å². The highest BCUT2D eigenvalue weighted by atomic mass is 31.2. The molecule has 24 heavy (non-hydrogen) atoms. The minimum absolute atomic E-state index is 0.0988. The van der Waals surface area contributed by atoms with E-state index in [1.54, 1.807) is 0 Å². The Balaban J connectivity index is 1.82. The Kier molecular flexibility index (Phi) is 4.53. The summed E-state index contributed by atoms with van der Waals surface area (Å²) in [5, 5.41) is 29.8. The zero-order valence-electron chi connectivity index (χ0n) is 12.3. The van der Waals surface area contributed by atoms with Crippen molar-refractivity contribution in [3.8, 4) is 5.88 Å². The smallest absolute Gasteiger partial charge is 0.472 e. The van der Waals surface area contributed by atoms with Gasteiger partial charge in [-0.05, 0) is 0 Å². The summed E-state index contributed by atoms with van der Waals surface area (Å²) in [6, 6.07) is 0. The van der Waals surface area contributed by atoms with Gasteiger partial charge in [0, 0.05) is 7.11 Å². The lowest BCUT2D eigenvalue weighted by molar-refractivity contribution is -0.0509. The van der Waals surface area contributed by atoms with Gasteiger partial charge in [-0.25, -0.2) is 14.5 Å². The topological polar surface area (TPSA) is 169 Å². The van der Waals surface area contributed by atoms with Gasteiger partial charge in [0.05, 0.1) is 12.9 Å². The minimum Gasteiger partial charge on any atom is -0.492 e. The van der Waals surface area contributed by atoms with E-state index in [4.69, 9.17) is 4.74 Å². The molecule has 3 heterocycles. The van der Waals surface area contributed by atoms with Gasteiger partial charge in [0.25, 0.3) is 0 Å². The average molecular weight is 362 g/mol. The van der Waals surface area contributed by atoms with Crippen LogP contribution in [0.4, 0.5) is 0 Å². The Morgan fingerprint density at radius 1 is 1.33 bits per heavy atom. The van der Waals surface area contributed by atoms with Gasteiger partial charge in [0.2, 0.25) is 5.88 Å². The van der Waals surface area contributed by atoms with Crippen molar-refractivity contribution in [2.75, 3.05) is 13.7 Å². The van der Waals surface area contributed by atoms with Crippen molar-refractivity contribution >= 4 is 19.0 Å². The first-order chi connectivity index (χ1) is 11.3. The number of aliphatic hydroxyl groups is 2. The molecule has 5 atom stereocenters. The molecular formula is C11H15N4O8P. The van der Waals surface area contributed by atoms with Crippen molar-refractivity contribution < 1.29 is 38.6 Å². The minimum atomic E-state index is -4.24. The molecule has 13 heteroatoms. The number of aromatic nitrogens is 4. The molecule has 2 aromatic heterocycles. The summed E-state index contributed by atoms with van der Waals surface area (Å²) in [5.41, 5.74) is 0.284. The third kappa shape index (κ3) is 3.00. The largest absolute Gasteiger partial charge is 0.492 e. The maximum atomic E-state index is 11.3. The molecular weight excluding hydrogens is 347 g/mol. The Hall–Kier alpha value is -1.66. The van der Waals surface area contributed by atoms with E-state index in [0.29, 0.717) is 0 Å². The first-order valence-electron chi connectivity index (χ1n) is 6.75. The van der Waals surface area contributed by atoms with Crippen LogP contribution in [0.2, 0.25) is 0 Å². The van der Waals surface area contributed by atoms with Gasteiger partial charge in [-0.15, -0.1) is 0 Å². The zero-order chi connectivity index (χ0) is 17.5. The second kappa shape index (κ2) is 6.33. The molecule has 3 rings (SSSR count). The molecule has 1 aliphatic heterocycles. The molecule has 1 fully saturated rings. The molecule has 0 aromatic carbocycles. The van der Waals surface area contributed by atoms with Crippen LogP contribution in [0.3, 0.4) is 0 Å². The van der Waals surface area contributed by atoms with Crippen LogP contribution in [0.5, 0.6) is 5.88 Å². The number of hydrogen-bond donors (Lipinski definition) is 4. The van der Waals surface area contributed by atoms with Crippen LogP contribution in [-0.4, -0.2) is 71.8 Å². The number of imidazole rings is 1. The fourth-order valence-corrected chi connectivity index (χ4v) is 2.78. The highest BCUT2D eigenvalue weighted by Crippen LogP contribution is 2.43. The van der Waals surface area contributed by atoms with E-state index in [1.165, 1.54) is 10.9 Å². The van der Waals surface area contributed by atoms with E-state index in [1.807, 2.05) is 0 Å². The molecule has 132 valence electrons. The van der Waals surface area contributed by atoms with Crippen LogP contribution in [-0.2, 0) is 18.3 Å². The Labute approximate surface area is 134 Å². The highest BCUT2D eigenvalue weighted by Gasteiger charge is 2.45. The fraction of sp³-hybridized carbons (Fsp3) is 0.545. The summed E-state index contributed by atoms with van der Waals surface area (Å²) in [5.74, 6) is -0.340. The van der Waals surface area contributed by atoms with Crippen molar-refractivity contribution in [2.45, 2.75) is 24.5 Å². The standard InChI is InChI=1S/C11H15N4O8P/c1-21-24(19,20)22-2-5-7(16)8(17)11(23-5)15-4-14-6-9(15)12-3-13-10(6)18/h3-5,7-8,11,16-17H,2H2,1H3,(H,19,20)(H,12,13,18)/t5-,7?,8?,11-/m1/s1. The van der Waals surface area contributed by atoms with Gasteiger partial charge in [0.15, 0.2) is 17.4 Å². The zero-order valence-corrected chi connectivity index (χ0v) is 13.2. The van der Waals surface area contributed by atoms with Crippen molar-refractivity contribution in [3.63, 3.8) is 0 Å². The lowest BCUT2D eigenvalue weighted by Gasteiger charge is -2.16.